The van der Waals surface area contributed by atoms with Gasteiger partial charge in [-0.2, -0.15) is 13.2 Å². The molecule has 0 aliphatic heterocycles. The molecule has 0 radical (unpaired) electrons. The van der Waals surface area contributed by atoms with Crippen LogP contribution >= 0.6 is 11.8 Å². The molecule has 0 saturated carbocycles. The van der Waals surface area contributed by atoms with Gasteiger partial charge in [0.1, 0.15) is 22.2 Å². The number of rotatable bonds is 3. The lowest BCUT2D eigenvalue weighted by Gasteiger charge is -2.10. The van der Waals surface area contributed by atoms with E-state index in [1.807, 2.05) is 0 Å². The van der Waals surface area contributed by atoms with Crippen molar-refractivity contribution in [2.75, 3.05) is 5.43 Å². The molecule has 3 N–H and O–H groups in total. The van der Waals surface area contributed by atoms with Crippen LogP contribution in [-0.2, 0) is 6.18 Å². The third-order valence-corrected chi connectivity index (χ3v) is 2.91. The molecule has 9 heteroatoms. The smallest absolute Gasteiger partial charge is 0.308 e. The van der Waals surface area contributed by atoms with E-state index in [1.54, 1.807) is 6.07 Å². The quantitative estimate of drug-likeness (QED) is 0.512. The van der Waals surface area contributed by atoms with Gasteiger partial charge in [-0.25, -0.2) is 20.8 Å². The first-order valence-corrected chi connectivity index (χ1v) is 5.80. The zero-order valence-electron chi connectivity index (χ0n) is 9.35. The Morgan fingerprint density at radius 1 is 1.21 bits per heavy atom. The van der Waals surface area contributed by atoms with Crippen LogP contribution in [0.25, 0.3) is 0 Å². The second-order valence-electron chi connectivity index (χ2n) is 3.37. The van der Waals surface area contributed by atoms with Crippen LogP contribution < -0.4 is 11.3 Å². The molecule has 2 aromatic heterocycles. The van der Waals surface area contributed by atoms with Crippen molar-refractivity contribution in [3.63, 3.8) is 0 Å². The van der Waals surface area contributed by atoms with Crippen LogP contribution in [-0.4, -0.2) is 15.0 Å². The molecule has 5 nitrogen and oxygen atoms in total. The molecule has 19 heavy (non-hydrogen) atoms. The predicted octanol–water partition coefficient (Wildman–Crippen LogP) is 2.33. The number of nitrogens with one attached hydrogen (secondary N) is 1. The highest BCUT2D eigenvalue weighted by Gasteiger charge is 2.31. The number of aromatic nitrogens is 3. The SMILES string of the molecule is NNc1cc(C(F)(F)F)cc(Sc2ccncn2)n1. The Kier molecular flexibility index (Phi) is 3.86. The van der Waals surface area contributed by atoms with E-state index in [2.05, 4.69) is 20.4 Å². The summed E-state index contributed by atoms with van der Waals surface area (Å²) in [5.74, 6) is 5.05. The normalized spacial score (nSPS) is 11.4. The van der Waals surface area contributed by atoms with Crippen molar-refractivity contribution in [1.29, 1.82) is 0 Å². The Morgan fingerprint density at radius 2 is 2.00 bits per heavy atom. The number of hydrogen-bond donors (Lipinski definition) is 2. The Labute approximate surface area is 110 Å². The van der Waals surface area contributed by atoms with Crippen LogP contribution in [0.15, 0.2) is 40.8 Å². The molecule has 0 atom stereocenters. The topological polar surface area (TPSA) is 76.7 Å². The Balaban J connectivity index is 2.35. The van der Waals surface area contributed by atoms with Crippen molar-refractivity contribution in [2.24, 2.45) is 5.84 Å². The maximum absolute atomic E-state index is 12.7. The summed E-state index contributed by atoms with van der Waals surface area (Å²) in [6, 6.07) is 3.35. The van der Waals surface area contributed by atoms with E-state index in [4.69, 9.17) is 5.84 Å². The van der Waals surface area contributed by atoms with Gasteiger partial charge >= 0.3 is 6.18 Å². The molecule has 0 fully saturated rings. The third kappa shape index (κ3) is 3.55. The summed E-state index contributed by atoms with van der Waals surface area (Å²) in [5, 5.41) is 0.631. The number of anilines is 1. The first kappa shape index (κ1) is 13.6. The van der Waals surface area contributed by atoms with Gasteiger partial charge in [0, 0.05) is 6.20 Å². The maximum atomic E-state index is 12.7. The minimum Gasteiger partial charge on any atom is -0.308 e. The van der Waals surface area contributed by atoms with Crippen molar-refractivity contribution in [1.82, 2.24) is 15.0 Å². The van der Waals surface area contributed by atoms with Crippen LogP contribution in [0.5, 0.6) is 0 Å². The Bertz CT molecular complexity index is 561. The van der Waals surface area contributed by atoms with Crippen LogP contribution in [0.1, 0.15) is 5.56 Å². The van der Waals surface area contributed by atoms with Crippen LogP contribution in [0.2, 0.25) is 0 Å². The molecule has 0 bridgehead atoms. The molecule has 2 heterocycles. The molecule has 0 spiro atoms. The van der Waals surface area contributed by atoms with Gasteiger partial charge in [0.05, 0.1) is 5.56 Å². The van der Waals surface area contributed by atoms with Crippen molar-refractivity contribution in [3.8, 4) is 0 Å². The summed E-state index contributed by atoms with van der Waals surface area (Å²) >= 11 is 0.990. The number of pyridine rings is 1. The van der Waals surface area contributed by atoms with Crippen molar-refractivity contribution in [2.45, 2.75) is 16.2 Å². The van der Waals surface area contributed by atoms with Crippen molar-refractivity contribution < 1.29 is 13.2 Å². The summed E-state index contributed by atoms with van der Waals surface area (Å²) in [6.45, 7) is 0. The highest BCUT2D eigenvalue weighted by Crippen LogP contribution is 2.34. The van der Waals surface area contributed by atoms with Gasteiger partial charge in [-0.15, -0.1) is 0 Å². The summed E-state index contributed by atoms with van der Waals surface area (Å²) in [5.41, 5.74) is 1.28. The minimum absolute atomic E-state index is 0.0635. The van der Waals surface area contributed by atoms with Crippen LogP contribution in [0.3, 0.4) is 0 Å². The number of nitrogen functional groups attached to an aromatic ring is 1. The Hall–Kier alpha value is -1.87. The van der Waals surface area contributed by atoms with Crippen molar-refractivity contribution in [3.05, 3.63) is 36.3 Å². The Morgan fingerprint density at radius 3 is 2.58 bits per heavy atom. The van der Waals surface area contributed by atoms with Crippen LogP contribution in [0.4, 0.5) is 19.0 Å². The van der Waals surface area contributed by atoms with E-state index < -0.39 is 11.7 Å². The number of nitrogens with zero attached hydrogens (tertiary/aromatic N) is 3. The molecule has 0 aliphatic carbocycles. The van der Waals surface area contributed by atoms with E-state index in [1.165, 1.54) is 12.5 Å². The molecular weight excluding hydrogens is 279 g/mol. The van der Waals surface area contributed by atoms with E-state index in [9.17, 15) is 13.2 Å². The molecule has 2 rings (SSSR count). The van der Waals surface area contributed by atoms with E-state index in [-0.39, 0.29) is 10.8 Å². The van der Waals surface area contributed by atoms with Gasteiger partial charge in [0.2, 0.25) is 0 Å². The molecule has 100 valence electrons. The summed E-state index contributed by atoms with van der Waals surface area (Å²) < 4.78 is 38.1. The molecular formula is C10H8F3N5S. The fourth-order valence-electron chi connectivity index (χ4n) is 1.24. The average Bonchev–Trinajstić information content (AvgIpc) is 2.38. The molecule has 0 aromatic carbocycles. The summed E-state index contributed by atoms with van der Waals surface area (Å²) in [4.78, 5) is 11.5. The monoisotopic (exact) mass is 287 g/mol. The number of halogens is 3. The lowest BCUT2D eigenvalue weighted by molar-refractivity contribution is -0.137. The number of nitrogens with two attached hydrogens (primary N) is 1. The van der Waals surface area contributed by atoms with Gasteiger partial charge in [-0.05, 0) is 30.0 Å². The highest BCUT2D eigenvalue weighted by atomic mass is 32.2. The second-order valence-corrected chi connectivity index (χ2v) is 4.41. The van der Waals surface area contributed by atoms with Gasteiger partial charge in [0.25, 0.3) is 0 Å². The molecule has 0 aliphatic rings. The zero-order chi connectivity index (χ0) is 13.9. The van der Waals surface area contributed by atoms with E-state index >= 15 is 0 Å². The summed E-state index contributed by atoms with van der Waals surface area (Å²) in [7, 11) is 0. The predicted molar refractivity (Wildman–Crippen MR) is 63.2 cm³/mol. The number of hydrogen-bond acceptors (Lipinski definition) is 6. The zero-order valence-corrected chi connectivity index (χ0v) is 10.2. The largest absolute Gasteiger partial charge is 0.416 e. The molecule has 0 saturated heterocycles. The van der Waals surface area contributed by atoms with E-state index in [0.717, 1.165) is 23.9 Å². The molecule has 0 amide bonds. The van der Waals surface area contributed by atoms with E-state index in [0.29, 0.717) is 5.03 Å². The fraction of sp³-hybridized carbons (Fsp3) is 0.100. The third-order valence-electron chi connectivity index (χ3n) is 2.04. The number of hydrazine groups is 1. The van der Waals surface area contributed by atoms with Gasteiger partial charge in [-0.3, -0.25) is 0 Å². The second kappa shape index (κ2) is 5.41. The fourth-order valence-corrected chi connectivity index (χ4v) is 2.01. The van der Waals surface area contributed by atoms with Gasteiger partial charge < -0.3 is 5.43 Å². The standard InChI is InChI=1S/C10H8F3N5S/c11-10(12,13)6-3-7(18-14)17-9(4-6)19-8-1-2-15-5-16-8/h1-5H,14H2,(H,17,18). The average molecular weight is 287 g/mol. The first-order valence-electron chi connectivity index (χ1n) is 4.99. The van der Waals surface area contributed by atoms with Gasteiger partial charge in [0.15, 0.2) is 0 Å². The highest BCUT2D eigenvalue weighted by molar-refractivity contribution is 7.99. The lowest BCUT2D eigenvalue weighted by atomic mass is 10.2. The first-order chi connectivity index (χ1) is 8.99. The number of alkyl halides is 3. The minimum atomic E-state index is -4.46. The summed E-state index contributed by atoms with van der Waals surface area (Å²) in [6.07, 6.45) is -1.67. The molecule has 2 aromatic rings. The lowest BCUT2D eigenvalue weighted by Crippen LogP contribution is -2.12. The van der Waals surface area contributed by atoms with Crippen LogP contribution in [0, 0.1) is 0 Å². The van der Waals surface area contributed by atoms with Crippen molar-refractivity contribution >= 4 is 17.6 Å². The molecule has 0 unspecified atom stereocenters. The van der Waals surface area contributed by atoms with Gasteiger partial charge in [-0.1, -0.05) is 0 Å². The maximum Gasteiger partial charge on any atom is 0.416 e.